The number of likely N-dealkylation sites (tertiary alicyclic amines) is 2. The molecule has 2 heterocycles. The van der Waals surface area contributed by atoms with Crippen LogP contribution in [0.2, 0.25) is 5.02 Å². The summed E-state index contributed by atoms with van der Waals surface area (Å²) in [5.41, 5.74) is 0. The van der Waals surface area contributed by atoms with E-state index in [1.165, 1.54) is 64.7 Å². The van der Waals surface area contributed by atoms with Crippen LogP contribution >= 0.6 is 11.6 Å². The maximum atomic E-state index is 6.48. The van der Waals surface area contributed by atoms with Crippen LogP contribution in [-0.2, 0) is 0 Å². The van der Waals surface area contributed by atoms with Crippen LogP contribution in [0.1, 0.15) is 38.5 Å². The molecule has 33 heavy (non-hydrogen) atoms. The summed E-state index contributed by atoms with van der Waals surface area (Å²) in [5, 5.41) is 5.04. The zero-order valence-electron chi connectivity index (χ0n) is 19.5. The SMILES string of the molecule is Clc1ccc2c(OCCN3CCCCC3)c3ccccc3c(OCCN3CCCCC3)c2c1. The third kappa shape index (κ3) is 5.40. The van der Waals surface area contributed by atoms with Crippen LogP contribution in [0.25, 0.3) is 21.5 Å². The van der Waals surface area contributed by atoms with Crippen LogP contribution in [0.15, 0.2) is 42.5 Å². The highest BCUT2D eigenvalue weighted by Crippen LogP contribution is 2.43. The summed E-state index contributed by atoms with van der Waals surface area (Å²) in [4.78, 5) is 5.03. The van der Waals surface area contributed by atoms with Crippen LogP contribution in [0.3, 0.4) is 0 Å². The first-order valence-corrected chi connectivity index (χ1v) is 13.0. The molecule has 0 aliphatic carbocycles. The Morgan fingerprint density at radius 3 is 1.64 bits per heavy atom. The summed E-state index contributed by atoms with van der Waals surface area (Å²) in [5.74, 6) is 1.86. The molecule has 3 aromatic carbocycles. The number of ether oxygens (including phenoxy) is 2. The van der Waals surface area contributed by atoms with Crippen molar-refractivity contribution in [3.63, 3.8) is 0 Å². The van der Waals surface area contributed by atoms with Gasteiger partial charge in [0.1, 0.15) is 24.7 Å². The summed E-state index contributed by atoms with van der Waals surface area (Å²) in [6, 6.07) is 14.5. The Labute approximate surface area is 202 Å². The molecule has 2 fully saturated rings. The van der Waals surface area contributed by atoms with Crippen molar-refractivity contribution in [2.24, 2.45) is 0 Å². The van der Waals surface area contributed by atoms with Crippen LogP contribution in [0, 0.1) is 0 Å². The molecule has 0 N–H and O–H groups in total. The lowest BCUT2D eigenvalue weighted by molar-refractivity contribution is 0.184. The second-order valence-electron chi connectivity index (χ2n) is 9.40. The lowest BCUT2D eigenvalue weighted by atomic mass is 10.0. The topological polar surface area (TPSA) is 24.9 Å². The molecular weight excluding hydrogens is 432 g/mol. The van der Waals surface area contributed by atoms with Gasteiger partial charge >= 0.3 is 0 Å². The zero-order chi connectivity index (χ0) is 22.5. The van der Waals surface area contributed by atoms with Crippen LogP contribution in [0.4, 0.5) is 0 Å². The first-order valence-electron chi connectivity index (χ1n) is 12.6. The van der Waals surface area contributed by atoms with Gasteiger partial charge in [0.05, 0.1) is 0 Å². The lowest BCUT2D eigenvalue weighted by Crippen LogP contribution is -2.33. The van der Waals surface area contributed by atoms with Crippen molar-refractivity contribution in [2.45, 2.75) is 38.5 Å². The van der Waals surface area contributed by atoms with E-state index in [2.05, 4.69) is 40.1 Å². The number of rotatable bonds is 8. The molecule has 0 aromatic heterocycles. The van der Waals surface area contributed by atoms with E-state index in [1.807, 2.05) is 12.1 Å². The summed E-state index contributed by atoms with van der Waals surface area (Å²) >= 11 is 6.44. The molecule has 0 amide bonds. The average molecular weight is 467 g/mol. The fourth-order valence-electron chi connectivity index (χ4n) is 5.30. The molecule has 0 bridgehead atoms. The number of nitrogens with zero attached hydrogens (tertiary/aromatic N) is 2. The molecule has 5 rings (SSSR count). The van der Waals surface area contributed by atoms with Crippen molar-refractivity contribution in [1.29, 1.82) is 0 Å². The van der Waals surface area contributed by atoms with Gasteiger partial charge in [0.25, 0.3) is 0 Å². The monoisotopic (exact) mass is 466 g/mol. The molecule has 176 valence electrons. The molecule has 0 unspecified atom stereocenters. The summed E-state index contributed by atoms with van der Waals surface area (Å²) < 4.78 is 13.0. The van der Waals surface area contributed by atoms with Crippen LogP contribution in [0.5, 0.6) is 11.5 Å². The second-order valence-corrected chi connectivity index (χ2v) is 9.83. The Morgan fingerprint density at radius 1 is 0.606 bits per heavy atom. The number of hydrogen-bond acceptors (Lipinski definition) is 4. The Balaban J connectivity index is 1.42. The number of fused-ring (bicyclic) bond motifs is 2. The van der Waals surface area contributed by atoms with E-state index in [-0.39, 0.29) is 0 Å². The van der Waals surface area contributed by atoms with E-state index in [0.29, 0.717) is 13.2 Å². The van der Waals surface area contributed by atoms with E-state index in [1.54, 1.807) is 0 Å². The Hall–Kier alpha value is -2.01. The lowest BCUT2D eigenvalue weighted by Gasteiger charge is -2.27. The quantitative estimate of drug-likeness (QED) is 0.360. The van der Waals surface area contributed by atoms with E-state index in [9.17, 15) is 0 Å². The van der Waals surface area contributed by atoms with E-state index in [0.717, 1.165) is 51.2 Å². The zero-order valence-corrected chi connectivity index (χ0v) is 20.3. The average Bonchev–Trinajstić information content (AvgIpc) is 2.86. The van der Waals surface area contributed by atoms with Gasteiger partial charge in [-0.2, -0.15) is 0 Å². The first kappa shape index (κ1) is 22.8. The molecule has 0 saturated carbocycles. The molecule has 3 aromatic rings. The Bertz CT molecular complexity index is 1070. The second kappa shape index (κ2) is 10.9. The van der Waals surface area contributed by atoms with Crippen molar-refractivity contribution in [2.75, 3.05) is 52.5 Å². The molecule has 0 atom stereocenters. The van der Waals surface area contributed by atoms with Crippen molar-refractivity contribution in [1.82, 2.24) is 9.80 Å². The summed E-state index contributed by atoms with van der Waals surface area (Å²) in [6.45, 7) is 8.04. The van der Waals surface area contributed by atoms with E-state index in [4.69, 9.17) is 21.1 Å². The minimum Gasteiger partial charge on any atom is -0.491 e. The first-order chi connectivity index (χ1) is 16.3. The number of hydrogen-bond donors (Lipinski definition) is 0. The van der Waals surface area contributed by atoms with Crippen molar-refractivity contribution >= 4 is 33.1 Å². The fraction of sp³-hybridized carbons (Fsp3) is 0.500. The van der Waals surface area contributed by atoms with Gasteiger partial charge in [0, 0.05) is 39.7 Å². The fourth-order valence-corrected chi connectivity index (χ4v) is 5.47. The van der Waals surface area contributed by atoms with Gasteiger partial charge in [-0.3, -0.25) is 9.80 Å². The predicted molar refractivity (Wildman–Crippen MR) is 138 cm³/mol. The molecule has 0 radical (unpaired) electrons. The van der Waals surface area contributed by atoms with Crippen molar-refractivity contribution in [3.8, 4) is 11.5 Å². The molecule has 2 aliphatic rings. The van der Waals surface area contributed by atoms with Gasteiger partial charge < -0.3 is 9.47 Å². The predicted octanol–water partition coefficient (Wildman–Crippen LogP) is 6.38. The molecule has 2 saturated heterocycles. The summed E-state index contributed by atoms with van der Waals surface area (Å²) in [6.07, 6.45) is 7.90. The molecule has 5 heteroatoms. The largest absolute Gasteiger partial charge is 0.491 e. The third-order valence-electron chi connectivity index (χ3n) is 7.09. The number of halogens is 1. The van der Waals surface area contributed by atoms with Crippen LogP contribution in [-0.4, -0.2) is 62.3 Å². The van der Waals surface area contributed by atoms with Gasteiger partial charge in [-0.15, -0.1) is 0 Å². The standard InChI is InChI=1S/C28H35ClN2O2/c29-22-11-12-25-26(21-22)28(33-20-18-31-15-7-2-8-16-31)24-10-4-3-9-23(24)27(25)32-19-17-30-13-5-1-6-14-30/h3-4,9-12,21H,1-2,5-8,13-20H2. The van der Waals surface area contributed by atoms with Crippen LogP contribution < -0.4 is 9.47 Å². The van der Waals surface area contributed by atoms with Gasteiger partial charge in [-0.05, 0) is 70.1 Å². The van der Waals surface area contributed by atoms with Gasteiger partial charge in [0.2, 0.25) is 0 Å². The van der Waals surface area contributed by atoms with Gasteiger partial charge in [0.15, 0.2) is 0 Å². The van der Waals surface area contributed by atoms with Crippen molar-refractivity contribution in [3.05, 3.63) is 47.5 Å². The molecule has 0 spiro atoms. The minimum atomic E-state index is 0.681. The van der Waals surface area contributed by atoms with Gasteiger partial charge in [-0.25, -0.2) is 0 Å². The summed E-state index contributed by atoms with van der Waals surface area (Å²) in [7, 11) is 0. The van der Waals surface area contributed by atoms with Crippen molar-refractivity contribution < 1.29 is 9.47 Å². The Morgan fingerprint density at radius 2 is 1.09 bits per heavy atom. The third-order valence-corrected chi connectivity index (χ3v) is 7.33. The highest BCUT2D eigenvalue weighted by Gasteiger charge is 2.18. The highest BCUT2D eigenvalue weighted by atomic mass is 35.5. The number of piperidine rings is 2. The van der Waals surface area contributed by atoms with E-state index < -0.39 is 0 Å². The molecule has 2 aliphatic heterocycles. The molecular formula is C28H35ClN2O2. The minimum absolute atomic E-state index is 0.681. The van der Waals surface area contributed by atoms with E-state index >= 15 is 0 Å². The maximum Gasteiger partial charge on any atom is 0.135 e. The maximum absolute atomic E-state index is 6.48. The molecule has 4 nitrogen and oxygen atoms in total. The van der Waals surface area contributed by atoms with Gasteiger partial charge in [-0.1, -0.05) is 48.7 Å². The highest BCUT2D eigenvalue weighted by molar-refractivity contribution is 6.31. The normalized spacial score (nSPS) is 18.1. The number of benzene rings is 3. The Kier molecular flexibility index (Phi) is 7.55. The smallest absolute Gasteiger partial charge is 0.135 e.